The topological polar surface area (TPSA) is 80.6 Å². The van der Waals surface area contributed by atoms with Crippen molar-refractivity contribution in [3.05, 3.63) is 39.9 Å². The van der Waals surface area contributed by atoms with Crippen molar-refractivity contribution >= 4 is 0 Å². The van der Waals surface area contributed by atoms with Gasteiger partial charge in [-0.3, -0.25) is 4.90 Å². The van der Waals surface area contributed by atoms with Crippen LogP contribution in [0.4, 0.5) is 0 Å². The van der Waals surface area contributed by atoms with E-state index in [1.54, 1.807) is 7.11 Å². The fraction of sp³-hybridized carbons (Fsp3) is 0.429. The largest absolute Gasteiger partial charge is 0.504 e. The van der Waals surface area contributed by atoms with Gasteiger partial charge in [0.25, 0.3) is 0 Å². The molecule has 28 heavy (non-hydrogen) atoms. The first-order valence-corrected chi connectivity index (χ1v) is 9.41. The van der Waals surface area contributed by atoms with E-state index in [0.29, 0.717) is 23.5 Å². The first-order chi connectivity index (χ1) is 13.7. The number of benzene rings is 2. The summed E-state index contributed by atoms with van der Waals surface area (Å²) < 4.78 is 22.3. The Morgan fingerprint density at radius 3 is 2.79 bits per heavy atom. The second-order valence-electron chi connectivity index (χ2n) is 7.36. The average Bonchev–Trinajstić information content (AvgIpc) is 3.18. The lowest BCUT2D eigenvalue weighted by Gasteiger charge is -2.42. The van der Waals surface area contributed by atoms with Crippen LogP contribution in [0.1, 0.15) is 33.9 Å². The summed E-state index contributed by atoms with van der Waals surface area (Å²) in [4.78, 5) is 2.41. The Morgan fingerprint density at radius 2 is 2.04 bits per heavy atom. The molecule has 2 aromatic carbocycles. The zero-order valence-electron chi connectivity index (χ0n) is 15.9. The van der Waals surface area contributed by atoms with Gasteiger partial charge in [0.2, 0.25) is 12.5 Å². The zero-order chi connectivity index (χ0) is 19.4. The van der Waals surface area contributed by atoms with Gasteiger partial charge >= 0.3 is 0 Å². The molecule has 3 heterocycles. The number of hydrogen-bond acceptors (Lipinski definition) is 7. The third-order valence-corrected chi connectivity index (χ3v) is 6.12. The van der Waals surface area contributed by atoms with E-state index in [4.69, 9.17) is 18.9 Å². The van der Waals surface area contributed by atoms with Crippen molar-refractivity contribution in [3.63, 3.8) is 0 Å². The second kappa shape index (κ2) is 6.46. The Bertz CT molecular complexity index is 957. The molecule has 2 aromatic rings. The third-order valence-electron chi connectivity index (χ3n) is 6.12. The minimum atomic E-state index is -0.233. The standard InChI is InChI=1S/C21H23NO6/c1-25-16-6-12-8-22-4-3-11-5-17-20(28-10-27-17)21(26-2)18(11)15(22)7-13(12)14(9-23)19(16)24/h5-6,15,23-24H,3-4,7-10H2,1-2H3. The van der Waals surface area contributed by atoms with E-state index in [9.17, 15) is 10.2 Å². The van der Waals surface area contributed by atoms with E-state index in [-0.39, 0.29) is 25.2 Å². The molecule has 7 heteroatoms. The molecule has 3 aliphatic heterocycles. The Labute approximate surface area is 163 Å². The molecule has 1 unspecified atom stereocenters. The van der Waals surface area contributed by atoms with E-state index in [0.717, 1.165) is 47.7 Å². The molecule has 148 valence electrons. The van der Waals surface area contributed by atoms with Crippen LogP contribution in [0.3, 0.4) is 0 Å². The highest BCUT2D eigenvalue weighted by Gasteiger charge is 2.39. The highest BCUT2D eigenvalue weighted by atomic mass is 16.7. The summed E-state index contributed by atoms with van der Waals surface area (Å²) in [6.07, 6.45) is 1.57. The number of aromatic hydroxyl groups is 1. The Balaban J connectivity index is 1.65. The van der Waals surface area contributed by atoms with Gasteiger partial charge in [-0.05, 0) is 41.7 Å². The number of aliphatic hydroxyl groups excluding tert-OH is 1. The van der Waals surface area contributed by atoms with Crippen molar-refractivity contribution in [2.45, 2.75) is 32.0 Å². The first-order valence-electron chi connectivity index (χ1n) is 9.41. The van der Waals surface area contributed by atoms with Crippen LogP contribution in [0.25, 0.3) is 0 Å². The maximum Gasteiger partial charge on any atom is 0.231 e. The highest BCUT2D eigenvalue weighted by molar-refractivity contribution is 5.63. The Kier molecular flexibility index (Phi) is 4.03. The van der Waals surface area contributed by atoms with E-state index >= 15 is 0 Å². The number of aliphatic hydroxyl groups is 1. The maximum absolute atomic E-state index is 10.5. The summed E-state index contributed by atoms with van der Waals surface area (Å²) in [5.74, 6) is 2.55. The molecule has 0 bridgehead atoms. The molecule has 0 radical (unpaired) electrons. The Morgan fingerprint density at radius 1 is 1.18 bits per heavy atom. The summed E-state index contributed by atoms with van der Waals surface area (Å²) in [6.45, 7) is 1.61. The van der Waals surface area contributed by atoms with Crippen molar-refractivity contribution in [2.24, 2.45) is 0 Å². The maximum atomic E-state index is 10.5. The summed E-state index contributed by atoms with van der Waals surface area (Å²) in [7, 11) is 3.18. The normalized spacial score (nSPS) is 19.6. The van der Waals surface area contributed by atoms with E-state index < -0.39 is 0 Å². The number of fused-ring (bicyclic) bond motifs is 5. The second-order valence-corrected chi connectivity index (χ2v) is 7.36. The van der Waals surface area contributed by atoms with Crippen molar-refractivity contribution in [2.75, 3.05) is 27.6 Å². The molecule has 2 N–H and O–H groups in total. The van der Waals surface area contributed by atoms with Gasteiger partial charge in [-0.2, -0.15) is 0 Å². The summed E-state index contributed by atoms with van der Waals surface area (Å²) >= 11 is 0. The number of methoxy groups -OCH3 is 2. The molecule has 0 fully saturated rings. The van der Waals surface area contributed by atoms with Crippen LogP contribution < -0.4 is 18.9 Å². The monoisotopic (exact) mass is 385 g/mol. The molecule has 3 aliphatic rings. The number of nitrogens with zero attached hydrogens (tertiary/aromatic N) is 1. The minimum absolute atomic E-state index is 0.0193. The van der Waals surface area contributed by atoms with Gasteiger partial charge in [-0.25, -0.2) is 0 Å². The molecule has 0 aliphatic carbocycles. The predicted molar refractivity (Wildman–Crippen MR) is 100 cm³/mol. The SMILES string of the molecule is COc1cc2c(c(CO)c1O)CC1c3c(cc4c(c3OC)OCO4)CCN1C2. The van der Waals surface area contributed by atoms with Crippen LogP contribution >= 0.6 is 0 Å². The van der Waals surface area contributed by atoms with Gasteiger partial charge < -0.3 is 29.2 Å². The fourth-order valence-corrected chi connectivity index (χ4v) is 4.81. The summed E-state index contributed by atoms with van der Waals surface area (Å²) in [5, 5.41) is 20.4. The van der Waals surface area contributed by atoms with Crippen molar-refractivity contribution in [3.8, 4) is 28.7 Å². The molecular weight excluding hydrogens is 362 g/mol. The van der Waals surface area contributed by atoms with Crippen molar-refractivity contribution < 1.29 is 29.2 Å². The number of hydrogen-bond donors (Lipinski definition) is 2. The highest BCUT2D eigenvalue weighted by Crippen LogP contribution is 2.52. The molecule has 0 spiro atoms. The van der Waals surface area contributed by atoms with E-state index in [2.05, 4.69) is 11.0 Å². The first kappa shape index (κ1) is 17.5. The summed E-state index contributed by atoms with van der Waals surface area (Å²) in [6, 6.07) is 4.02. The van der Waals surface area contributed by atoms with Crippen LogP contribution in [0, 0.1) is 0 Å². The molecule has 7 nitrogen and oxygen atoms in total. The van der Waals surface area contributed by atoms with E-state index in [1.165, 1.54) is 12.7 Å². The van der Waals surface area contributed by atoms with Gasteiger partial charge in [0.1, 0.15) is 0 Å². The van der Waals surface area contributed by atoms with E-state index in [1.807, 2.05) is 6.07 Å². The fourth-order valence-electron chi connectivity index (χ4n) is 4.81. The van der Waals surface area contributed by atoms with Gasteiger partial charge in [0.15, 0.2) is 23.0 Å². The van der Waals surface area contributed by atoms with Crippen LogP contribution in [0.5, 0.6) is 28.7 Å². The molecule has 0 saturated carbocycles. The molecule has 1 atom stereocenters. The molecule has 5 rings (SSSR count). The molecule has 0 saturated heterocycles. The third kappa shape index (κ3) is 2.36. The minimum Gasteiger partial charge on any atom is -0.504 e. The van der Waals surface area contributed by atoms with Crippen molar-refractivity contribution in [1.82, 2.24) is 4.90 Å². The lowest BCUT2D eigenvalue weighted by molar-refractivity contribution is 0.153. The number of phenols is 1. The summed E-state index contributed by atoms with van der Waals surface area (Å²) in [5.41, 5.74) is 4.92. The zero-order valence-corrected chi connectivity index (χ0v) is 15.9. The van der Waals surface area contributed by atoms with Crippen LogP contribution in [-0.2, 0) is 26.0 Å². The van der Waals surface area contributed by atoms with Gasteiger partial charge in [0.05, 0.1) is 20.8 Å². The number of ether oxygens (including phenoxy) is 4. The van der Waals surface area contributed by atoms with Crippen LogP contribution in [-0.4, -0.2) is 42.7 Å². The van der Waals surface area contributed by atoms with Gasteiger partial charge in [-0.15, -0.1) is 0 Å². The molecule has 0 amide bonds. The van der Waals surface area contributed by atoms with Crippen LogP contribution in [0.15, 0.2) is 12.1 Å². The van der Waals surface area contributed by atoms with Crippen LogP contribution in [0.2, 0.25) is 0 Å². The number of rotatable bonds is 3. The quantitative estimate of drug-likeness (QED) is 0.839. The molecule has 0 aromatic heterocycles. The van der Waals surface area contributed by atoms with Gasteiger partial charge in [-0.1, -0.05) is 0 Å². The predicted octanol–water partition coefficient (Wildman–Crippen LogP) is 2.29. The average molecular weight is 385 g/mol. The van der Waals surface area contributed by atoms with Gasteiger partial charge in [0, 0.05) is 30.3 Å². The lowest BCUT2D eigenvalue weighted by Crippen LogP contribution is -2.40. The Hall–Kier alpha value is -2.64. The smallest absolute Gasteiger partial charge is 0.231 e. The lowest BCUT2D eigenvalue weighted by atomic mass is 9.81. The molecular formula is C21H23NO6. The van der Waals surface area contributed by atoms with Crippen molar-refractivity contribution in [1.29, 1.82) is 0 Å².